The normalized spacial score (nSPS) is 10.3. The fourth-order valence-corrected chi connectivity index (χ4v) is 1.78. The maximum Gasteiger partial charge on any atom is 0.129 e. The lowest BCUT2D eigenvalue weighted by Gasteiger charge is -2.06. The maximum absolute atomic E-state index is 4.32. The Balaban J connectivity index is 2.20. The number of aromatic nitrogens is 2. The summed E-state index contributed by atoms with van der Waals surface area (Å²) in [5.41, 5.74) is 3.44. The summed E-state index contributed by atoms with van der Waals surface area (Å²) < 4.78 is 0. The number of nitrogens with one attached hydrogen (secondary N) is 1. The molecule has 1 aromatic carbocycles. The van der Waals surface area contributed by atoms with Crippen LogP contribution in [-0.2, 0) is 6.42 Å². The van der Waals surface area contributed by atoms with Crippen LogP contribution in [0, 0.1) is 0 Å². The molecule has 3 heteroatoms. The minimum atomic E-state index is 0.890. The summed E-state index contributed by atoms with van der Waals surface area (Å²) in [6.07, 6.45) is 3.76. The molecule has 18 heavy (non-hydrogen) atoms. The van der Waals surface area contributed by atoms with Crippen LogP contribution >= 0.6 is 0 Å². The number of anilines is 1. The van der Waals surface area contributed by atoms with Crippen molar-refractivity contribution in [3.8, 4) is 11.3 Å². The van der Waals surface area contributed by atoms with Crippen molar-refractivity contribution >= 4 is 5.82 Å². The molecular weight excluding hydrogens is 222 g/mol. The molecule has 0 aliphatic heterocycles. The van der Waals surface area contributed by atoms with Crippen LogP contribution in [0.15, 0.2) is 36.7 Å². The van der Waals surface area contributed by atoms with Crippen LogP contribution in [0.2, 0.25) is 0 Å². The van der Waals surface area contributed by atoms with E-state index in [1.807, 2.05) is 6.07 Å². The average molecular weight is 241 g/mol. The van der Waals surface area contributed by atoms with Crippen LogP contribution in [0.5, 0.6) is 0 Å². The first-order valence-electron chi connectivity index (χ1n) is 6.48. The van der Waals surface area contributed by atoms with E-state index in [1.165, 1.54) is 5.56 Å². The molecule has 2 aromatic rings. The Morgan fingerprint density at radius 2 is 1.83 bits per heavy atom. The van der Waals surface area contributed by atoms with Gasteiger partial charge in [0.2, 0.25) is 0 Å². The lowest BCUT2D eigenvalue weighted by Crippen LogP contribution is -2.02. The molecule has 2 rings (SSSR count). The van der Waals surface area contributed by atoms with Crippen molar-refractivity contribution in [1.82, 2.24) is 9.97 Å². The first-order chi connectivity index (χ1) is 8.83. The number of aryl methyl sites for hydroxylation is 1. The molecule has 0 amide bonds. The Labute approximate surface area is 108 Å². The molecule has 0 bridgehead atoms. The molecule has 0 spiro atoms. The lowest BCUT2D eigenvalue weighted by molar-refractivity contribution is 0.965. The number of nitrogens with zero attached hydrogens (tertiary/aromatic N) is 2. The van der Waals surface area contributed by atoms with Gasteiger partial charge in [-0.15, -0.1) is 0 Å². The third-order valence-electron chi connectivity index (χ3n) is 2.88. The first kappa shape index (κ1) is 12.6. The highest BCUT2D eigenvalue weighted by Gasteiger charge is 2.01. The Kier molecular flexibility index (Phi) is 4.29. The summed E-state index contributed by atoms with van der Waals surface area (Å²) >= 11 is 0. The van der Waals surface area contributed by atoms with Crippen LogP contribution in [-0.4, -0.2) is 16.5 Å². The number of hydrogen-bond donors (Lipinski definition) is 1. The van der Waals surface area contributed by atoms with Gasteiger partial charge in [0.1, 0.15) is 12.1 Å². The molecule has 94 valence electrons. The quantitative estimate of drug-likeness (QED) is 0.870. The zero-order valence-electron chi connectivity index (χ0n) is 11.0. The van der Waals surface area contributed by atoms with Crippen LogP contribution in [0.3, 0.4) is 0 Å². The van der Waals surface area contributed by atoms with Crippen molar-refractivity contribution in [2.75, 3.05) is 11.9 Å². The highest BCUT2D eigenvalue weighted by Crippen LogP contribution is 2.19. The summed E-state index contributed by atoms with van der Waals surface area (Å²) in [7, 11) is 0. The zero-order valence-corrected chi connectivity index (χ0v) is 11.0. The summed E-state index contributed by atoms with van der Waals surface area (Å²) in [4.78, 5) is 8.54. The predicted octanol–water partition coefficient (Wildman–Crippen LogP) is 3.53. The zero-order chi connectivity index (χ0) is 12.8. The molecule has 3 nitrogen and oxygen atoms in total. The maximum atomic E-state index is 4.32. The van der Waals surface area contributed by atoms with Gasteiger partial charge in [0.05, 0.1) is 5.69 Å². The minimum absolute atomic E-state index is 0.890. The third kappa shape index (κ3) is 3.06. The molecule has 0 aliphatic carbocycles. The van der Waals surface area contributed by atoms with E-state index >= 15 is 0 Å². The summed E-state index contributed by atoms with van der Waals surface area (Å²) in [6, 6.07) is 10.5. The summed E-state index contributed by atoms with van der Waals surface area (Å²) in [6.45, 7) is 5.23. The van der Waals surface area contributed by atoms with Gasteiger partial charge in [-0.2, -0.15) is 0 Å². The third-order valence-corrected chi connectivity index (χ3v) is 2.88. The summed E-state index contributed by atoms with van der Waals surface area (Å²) in [5, 5.41) is 3.28. The van der Waals surface area contributed by atoms with Crippen LogP contribution < -0.4 is 5.32 Å². The number of benzene rings is 1. The minimum Gasteiger partial charge on any atom is -0.370 e. The lowest BCUT2D eigenvalue weighted by atomic mass is 10.1. The molecule has 0 fully saturated rings. The van der Waals surface area contributed by atoms with E-state index in [0.717, 1.165) is 36.5 Å². The van der Waals surface area contributed by atoms with Gasteiger partial charge in [0, 0.05) is 18.2 Å². The highest BCUT2D eigenvalue weighted by atomic mass is 15.0. The van der Waals surface area contributed by atoms with Crippen LogP contribution in [0.1, 0.15) is 25.8 Å². The van der Waals surface area contributed by atoms with Gasteiger partial charge in [0.15, 0.2) is 0 Å². The fraction of sp³-hybridized carbons (Fsp3) is 0.333. The molecule has 1 heterocycles. The van der Waals surface area contributed by atoms with Crippen molar-refractivity contribution < 1.29 is 0 Å². The van der Waals surface area contributed by atoms with Crippen LogP contribution in [0.25, 0.3) is 11.3 Å². The molecule has 1 N–H and O–H groups in total. The second-order valence-corrected chi connectivity index (χ2v) is 4.27. The monoisotopic (exact) mass is 241 g/mol. The van der Waals surface area contributed by atoms with E-state index in [0.29, 0.717) is 0 Å². The molecule has 0 unspecified atom stereocenters. The predicted molar refractivity (Wildman–Crippen MR) is 75.6 cm³/mol. The van der Waals surface area contributed by atoms with Crippen molar-refractivity contribution in [2.45, 2.75) is 26.7 Å². The van der Waals surface area contributed by atoms with Crippen LogP contribution in [0.4, 0.5) is 5.82 Å². The van der Waals surface area contributed by atoms with E-state index in [4.69, 9.17) is 0 Å². The Hall–Kier alpha value is -1.90. The Morgan fingerprint density at radius 1 is 1.06 bits per heavy atom. The Bertz CT molecular complexity index is 491. The SMILES string of the molecule is CCCNc1cc(-c2ccc(CC)cc2)ncn1. The van der Waals surface area contributed by atoms with Gasteiger partial charge in [-0.3, -0.25) is 0 Å². The van der Waals surface area contributed by atoms with Gasteiger partial charge in [-0.1, -0.05) is 38.1 Å². The average Bonchev–Trinajstić information content (AvgIpc) is 2.45. The van der Waals surface area contributed by atoms with Gasteiger partial charge >= 0.3 is 0 Å². The topological polar surface area (TPSA) is 37.8 Å². The standard InChI is InChI=1S/C15H19N3/c1-3-9-16-15-10-14(17-11-18-15)13-7-5-12(4-2)6-8-13/h5-8,10-11H,3-4,9H2,1-2H3,(H,16,17,18). The molecule has 0 saturated heterocycles. The van der Waals surface area contributed by atoms with Crippen molar-refractivity contribution in [2.24, 2.45) is 0 Å². The number of rotatable bonds is 5. The van der Waals surface area contributed by atoms with E-state index in [-0.39, 0.29) is 0 Å². The molecule has 0 saturated carbocycles. The largest absolute Gasteiger partial charge is 0.370 e. The van der Waals surface area contributed by atoms with E-state index < -0.39 is 0 Å². The summed E-state index contributed by atoms with van der Waals surface area (Å²) in [5.74, 6) is 0.890. The smallest absolute Gasteiger partial charge is 0.129 e. The van der Waals surface area contributed by atoms with Crippen molar-refractivity contribution in [3.63, 3.8) is 0 Å². The number of hydrogen-bond acceptors (Lipinski definition) is 3. The first-order valence-corrected chi connectivity index (χ1v) is 6.48. The molecule has 0 aliphatic rings. The molecule has 0 radical (unpaired) electrons. The van der Waals surface area contributed by atoms with E-state index in [9.17, 15) is 0 Å². The van der Waals surface area contributed by atoms with Gasteiger partial charge in [-0.05, 0) is 18.4 Å². The second-order valence-electron chi connectivity index (χ2n) is 4.27. The van der Waals surface area contributed by atoms with Gasteiger partial charge in [-0.25, -0.2) is 9.97 Å². The Morgan fingerprint density at radius 3 is 2.50 bits per heavy atom. The highest BCUT2D eigenvalue weighted by molar-refractivity contribution is 5.62. The molecular formula is C15H19N3. The van der Waals surface area contributed by atoms with E-state index in [1.54, 1.807) is 6.33 Å². The molecule has 1 aromatic heterocycles. The van der Waals surface area contributed by atoms with Gasteiger partial charge in [0.25, 0.3) is 0 Å². The van der Waals surface area contributed by atoms with Gasteiger partial charge < -0.3 is 5.32 Å². The second kappa shape index (κ2) is 6.15. The van der Waals surface area contributed by atoms with Crippen molar-refractivity contribution in [1.29, 1.82) is 0 Å². The molecule has 0 atom stereocenters. The van der Waals surface area contributed by atoms with E-state index in [2.05, 4.69) is 53.4 Å². The van der Waals surface area contributed by atoms with Crippen molar-refractivity contribution in [3.05, 3.63) is 42.2 Å². The fourth-order valence-electron chi connectivity index (χ4n) is 1.78.